The third kappa shape index (κ3) is 5.45. The number of ether oxygens (including phenoxy) is 3. The second-order valence-corrected chi connectivity index (χ2v) is 8.94. The van der Waals surface area contributed by atoms with Gasteiger partial charge in [-0.25, -0.2) is 0 Å². The molecule has 0 spiro atoms. The lowest BCUT2D eigenvalue weighted by Gasteiger charge is -2.26. The maximum atomic E-state index is 13.4. The molecule has 1 aliphatic heterocycles. The van der Waals surface area contributed by atoms with Gasteiger partial charge in [-0.2, -0.15) is 0 Å². The van der Waals surface area contributed by atoms with E-state index in [1.165, 1.54) is 4.90 Å². The van der Waals surface area contributed by atoms with Crippen molar-refractivity contribution in [1.82, 2.24) is 4.90 Å². The summed E-state index contributed by atoms with van der Waals surface area (Å²) >= 11 is 0. The molecule has 7 nitrogen and oxygen atoms in total. The number of Topliss-reactive ketones (excluding diaryl/α,β-unsaturated/α-hetero) is 1. The Balaban J connectivity index is 1.86. The normalized spacial score (nSPS) is 16.8. The van der Waals surface area contributed by atoms with E-state index in [4.69, 9.17) is 14.2 Å². The third-order valence-electron chi connectivity index (χ3n) is 6.04. The predicted octanol–water partition coefficient (Wildman–Crippen LogP) is 5.50. The molecule has 1 N–H and O–H groups in total. The fourth-order valence-electron chi connectivity index (χ4n) is 4.49. The summed E-state index contributed by atoms with van der Waals surface area (Å²) in [6.07, 6.45) is -0.0647. The summed E-state index contributed by atoms with van der Waals surface area (Å²) in [7, 11) is 1.56. The Hall–Kier alpha value is -4.26. The van der Waals surface area contributed by atoms with Gasteiger partial charge in [0.15, 0.2) is 0 Å². The minimum atomic E-state index is -0.833. The summed E-state index contributed by atoms with van der Waals surface area (Å²) in [6.45, 7) is 6.27. The fraction of sp³-hybridized carbons (Fsp3) is 0.267. The Morgan fingerprint density at radius 3 is 2.43 bits per heavy atom. The van der Waals surface area contributed by atoms with Crippen molar-refractivity contribution in [3.63, 3.8) is 0 Å². The number of ketones is 1. The van der Waals surface area contributed by atoms with Crippen LogP contribution in [0.15, 0.2) is 78.4 Å². The number of hydrogen-bond donors (Lipinski definition) is 1. The summed E-state index contributed by atoms with van der Waals surface area (Å²) in [5.41, 5.74) is 1.79. The van der Waals surface area contributed by atoms with Gasteiger partial charge in [-0.3, -0.25) is 9.59 Å². The van der Waals surface area contributed by atoms with Crippen molar-refractivity contribution >= 4 is 17.4 Å². The highest BCUT2D eigenvalue weighted by molar-refractivity contribution is 6.46. The Bertz CT molecular complexity index is 1330. The Labute approximate surface area is 216 Å². The number of aliphatic hydroxyl groups is 1. The average molecular weight is 502 g/mol. The minimum absolute atomic E-state index is 0.00948. The first-order valence-electron chi connectivity index (χ1n) is 12.2. The Morgan fingerprint density at radius 2 is 1.70 bits per heavy atom. The zero-order valence-electron chi connectivity index (χ0n) is 21.4. The van der Waals surface area contributed by atoms with Crippen LogP contribution in [0.1, 0.15) is 43.5 Å². The number of likely N-dealkylation sites (tertiary alicyclic amines) is 1. The highest BCUT2D eigenvalue weighted by Crippen LogP contribution is 2.42. The summed E-state index contributed by atoms with van der Waals surface area (Å²) in [5, 5.41) is 11.4. The van der Waals surface area contributed by atoms with Gasteiger partial charge in [0.25, 0.3) is 11.7 Å². The number of hydrogen-bond acceptors (Lipinski definition) is 6. The lowest BCUT2D eigenvalue weighted by molar-refractivity contribution is -0.140. The highest BCUT2D eigenvalue weighted by atomic mass is 16.5. The first-order chi connectivity index (χ1) is 17.8. The number of aliphatic hydroxyl groups excluding tert-OH is 1. The zero-order chi connectivity index (χ0) is 26.5. The summed E-state index contributed by atoms with van der Waals surface area (Å²) in [4.78, 5) is 28.3. The van der Waals surface area contributed by atoms with Crippen molar-refractivity contribution in [1.29, 1.82) is 0 Å². The number of rotatable bonds is 9. The van der Waals surface area contributed by atoms with E-state index in [9.17, 15) is 14.7 Å². The second-order valence-electron chi connectivity index (χ2n) is 8.94. The Kier molecular flexibility index (Phi) is 7.82. The number of carbonyl (C=O) groups is 2. The first-order valence-corrected chi connectivity index (χ1v) is 12.2. The fourth-order valence-corrected chi connectivity index (χ4v) is 4.49. The van der Waals surface area contributed by atoms with Crippen LogP contribution >= 0.6 is 0 Å². The van der Waals surface area contributed by atoms with E-state index < -0.39 is 17.7 Å². The van der Waals surface area contributed by atoms with Gasteiger partial charge < -0.3 is 24.2 Å². The van der Waals surface area contributed by atoms with Crippen molar-refractivity contribution in [2.24, 2.45) is 0 Å². The second kappa shape index (κ2) is 11.2. The predicted molar refractivity (Wildman–Crippen MR) is 141 cm³/mol. The van der Waals surface area contributed by atoms with Crippen LogP contribution in [0.4, 0.5) is 0 Å². The van der Waals surface area contributed by atoms with Gasteiger partial charge in [0.1, 0.15) is 23.0 Å². The van der Waals surface area contributed by atoms with Crippen molar-refractivity contribution in [2.75, 3.05) is 13.7 Å². The molecule has 0 radical (unpaired) electrons. The standard InChI is InChI=1S/C30H31NO6/c1-5-36-23-13-8-11-20(16-23)27-26(28(32)21-12-9-14-24(17-21)37-19(2)3)29(33)30(34)31(27)18-22-10-6-7-15-25(22)35-4/h6-17,19,27,32H,5,18H2,1-4H3/b28-26-. The van der Waals surface area contributed by atoms with E-state index >= 15 is 0 Å². The molecule has 37 heavy (non-hydrogen) atoms. The quantitative estimate of drug-likeness (QED) is 0.237. The largest absolute Gasteiger partial charge is 0.507 e. The molecule has 3 aromatic rings. The molecule has 192 valence electrons. The van der Waals surface area contributed by atoms with Crippen LogP contribution in [0, 0.1) is 0 Å². The van der Waals surface area contributed by atoms with Crippen LogP contribution in [-0.4, -0.2) is 41.5 Å². The Morgan fingerprint density at radius 1 is 0.973 bits per heavy atom. The smallest absolute Gasteiger partial charge is 0.295 e. The van der Waals surface area contributed by atoms with Gasteiger partial charge in [-0.1, -0.05) is 42.5 Å². The van der Waals surface area contributed by atoms with E-state index in [1.807, 2.05) is 51.1 Å². The van der Waals surface area contributed by atoms with Crippen molar-refractivity contribution in [2.45, 2.75) is 39.5 Å². The summed E-state index contributed by atoms with van der Waals surface area (Å²) < 4.78 is 16.9. The van der Waals surface area contributed by atoms with Crippen LogP contribution in [0.3, 0.4) is 0 Å². The lowest BCUT2D eigenvalue weighted by atomic mass is 9.95. The molecule has 1 fully saturated rings. The summed E-state index contributed by atoms with van der Waals surface area (Å²) in [5.74, 6) is 0.0438. The lowest BCUT2D eigenvalue weighted by Crippen LogP contribution is -2.29. The van der Waals surface area contributed by atoms with E-state index in [0.717, 1.165) is 5.56 Å². The first kappa shape index (κ1) is 25.8. The van der Waals surface area contributed by atoms with Gasteiger partial charge >= 0.3 is 0 Å². The maximum Gasteiger partial charge on any atom is 0.295 e. The molecule has 0 saturated carbocycles. The zero-order valence-corrected chi connectivity index (χ0v) is 21.4. The number of methoxy groups -OCH3 is 1. The molecule has 0 bridgehead atoms. The molecular weight excluding hydrogens is 470 g/mol. The SMILES string of the molecule is CCOc1cccc(C2/C(=C(/O)c3cccc(OC(C)C)c3)C(=O)C(=O)N2Cc2ccccc2OC)c1. The van der Waals surface area contributed by atoms with E-state index in [1.54, 1.807) is 49.6 Å². The van der Waals surface area contributed by atoms with E-state index in [-0.39, 0.29) is 24.0 Å². The molecule has 7 heteroatoms. The highest BCUT2D eigenvalue weighted by Gasteiger charge is 2.46. The molecule has 0 aromatic heterocycles. The maximum absolute atomic E-state index is 13.4. The van der Waals surface area contributed by atoms with Gasteiger partial charge in [-0.05, 0) is 56.7 Å². The molecule has 1 heterocycles. The van der Waals surface area contributed by atoms with Crippen LogP contribution < -0.4 is 14.2 Å². The van der Waals surface area contributed by atoms with Gasteiger partial charge in [0, 0.05) is 11.1 Å². The minimum Gasteiger partial charge on any atom is -0.507 e. The molecule has 1 amide bonds. The number of amides is 1. The van der Waals surface area contributed by atoms with E-state index in [0.29, 0.717) is 35.0 Å². The average Bonchev–Trinajstić information content (AvgIpc) is 3.13. The van der Waals surface area contributed by atoms with Crippen LogP contribution in [0.2, 0.25) is 0 Å². The molecule has 0 aliphatic carbocycles. The number of benzene rings is 3. The number of nitrogens with zero attached hydrogens (tertiary/aromatic N) is 1. The topological polar surface area (TPSA) is 85.3 Å². The molecule has 4 rings (SSSR count). The molecule has 1 unspecified atom stereocenters. The van der Waals surface area contributed by atoms with Crippen LogP contribution in [0.5, 0.6) is 17.2 Å². The molecular formula is C30H31NO6. The van der Waals surface area contributed by atoms with Gasteiger partial charge in [0.2, 0.25) is 0 Å². The van der Waals surface area contributed by atoms with Crippen LogP contribution in [-0.2, 0) is 16.1 Å². The molecule has 1 aliphatic rings. The van der Waals surface area contributed by atoms with Crippen molar-refractivity contribution in [3.8, 4) is 17.2 Å². The van der Waals surface area contributed by atoms with Crippen molar-refractivity contribution in [3.05, 3.63) is 95.1 Å². The van der Waals surface area contributed by atoms with E-state index in [2.05, 4.69) is 0 Å². The number of para-hydroxylation sites is 1. The number of carbonyl (C=O) groups excluding carboxylic acids is 2. The third-order valence-corrected chi connectivity index (χ3v) is 6.04. The molecule has 3 aromatic carbocycles. The van der Waals surface area contributed by atoms with Crippen molar-refractivity contribution < 1.29 is 28.9 Å². The van der Waals surface area contributed by atoms with Crippen LogP contribution in [0.25, 0.3) is 5.76 Å². The monoisotopic (exact) mass is 501 g/mol. The van der Waals surface area contributed by atoms with Gasteiger partial charge in [-0.15, -0.1) is 0 Å². The molecule has 1 atom stereocenters. The van der Waals surface area contributed by atoms with Gasteiger partial charge in [0.05, 0.1) is 38.0 Å². The summed E-state index contributed by atoms with van der Waals surface area (Å²) in [6, 6.07) is 20.6. The molecule has 1 saturated heterocycles.